The fraction of sp³-hybridized carbons (Fsp3) is 0.320. The largest absolute Gasteiger partial charge is 0.378 e. The molecule has 0 spiro atoms. The lowest BCUT2D eigenvalue weighted by molar-refractivity contribution is 0.0888. The molecule has 166 valence electrons. The van der Waals surface area contributed by atoms with Crippen molar-refractivity contribution in [2.45, 2.75) is 26.3 Å². The van der Waals surface area contributed by atoms with Crippen molar-refractivity contribution in [1.82, 2.24) is 20.8 Å². The molecule has 1 unspecified atom stereocenters. The van der Waals surface area contributed by atoms with Crippen LogP contribution in [0.15, 0.2) is 54.9 Å². The van der Waals surface area contributed by atoms with Gasteiger partial charge in [0, 0.05) is 51.0 Å². The molecular weight excluding hydrogens is 400 g/mol. The lowest BCUT2D eigenvalue weighted by atomic mass is 9.76. The van der Waals surface area contributed by atoms with Crippen LogP contribution in [-0.2, 0) is 5.54 Å². The van der Waals surface area contributed by atoms with Gasteiger partial charge < -0.3 is 9.80 Å². The average Bonchev–Trinajstić information content (AvgIpc) is 2.81. The highest BCUT2D eigenvalue weighted by atomic mass is 16.2. The molecule has 1 aliphatic rings. The third-order valence-electron chi connectivity index (χ3n) is 6.19. The van der Waals surface area contributed by atoms with Gasteiger partial charge in [0.1, 0.15) is 11.2 Å². The Morgan fingerprint density at radius 2 is 1.59 bits per heavy atom. The molecule has 0 bridgehead atoms. The van der Waals surface area contributed by atoms with Crippen LogP contribution in [0.5, 0.6) is 0 Å². The zero-order valence-electron chi connectivity index (χ0n) is 19.3. The molecule has 2 heterocycles. The second-order valence-electron chi connectivity index (χ2n) is 8.20. The number of rotatable bonds is 6. The Morgan fingerprint density at radius 3 is 2.22 bits per heavy atom. The predicted octanol–water partition coefficient (Wildman–Crippen LogP) is 3.24. The number of hydrogen-bond acceptors (Lipinski definition) is 6. The van der Waals surface area contributed by atoms with Gasteiger partial charge >= 0.3 is 0 Å². The second-order valence-corrected chi connectivity index (χ2v) is 8.20. The van der Waals surface area contributed by atoms with Crippen LogP contribution in [0, 0.1) is 6.92 Å². The van der Waals surface area contributed by atoms with Gasteiger partial charge in [-0.05, 0) is 61.7 Å². The molecule has 0 radical (unpaired) electrons. The molecule has 0 saturated carbocycles. The molecule has 2 N–H and O–H groups in total. The van der Waals surface area contributed by atoms with Gasteiger partial charge in [0.25, 0.3) is 5.91 Å². The van der Waals surface area contributed by atoms with E-state index in [1.54, 1.807) is 12.4 Å². The predicted molar refractivity (Wildman–Crippen MR) is 128 cm³/mol. The Morgan fingerprint density at radius 1 is 0.938 bits per heavy atom. The van der Waals surface area contributed by atoms with Crippen LogP contribution in [0.4, 0.5) is 11.4 Å². The van der Waals surface area contributed by atoms with Gasteiger partial charge in [0.15, 0.2) is 5.69 Å². The smallest absolute Gasteiger partial charge is 0.286 e. The van der Waals surface area contributed by atoms with Gasteiger partial charge in [0.05, 0.1) is 0 Å². The van der Waals surface area contributed by atoms with E-state index in [0.29, 0.717) is 11.4 Å². The minimum atomic E-state index is -0.867. The molecule has 1 amide bonds. The van der Waals surface area contributed by atoms with Crippen molar-refractivity contribution < 1.29 is 4.79 Å². The van der Waals surface area contributed by atoms with E-state index in [-0.39, 0.29) is 5.91 Å². The first-order valence-electron chi connectivity index (χ1n) is 10.9. The maximum absolute atomic E-state index is 12.6. The van der Waals surface area contributed by atoms with Gasteiger partial charge in [-0.1, -0.05) is 18.2 Å². The summed E-state index contributed by atoms with van der Waals surface area (Å²) >= 11 is 0. The van der Waals surface area contributed by atoms with Crippen molar-refractivity contribution in [1.29, 1.82) is 0 Å². The summed E-state index contributed by atoms with van der Waals surface area (Å²) in [6, 6.07) is 14.8. The molecule has 4 rings (SSSR count). The Kier molecular flexibility index (Phi) is 5.84. The van der Waals surface area contributed by atoms with Gasteiger partial charge in [-0.3, -0.25) is 15.2 Å². The molecule has 0 aliphatic carbocycles. The van der Waals surface area contributed by atoms with Gasteiger partial charge in [-0.25, -0.2) is 10.4 Å². The highest BCUT2D eigenvalue weighted by molar-refractivity contribution is 5.95. The topological polar surface area (TPSA) is 73.4 Å². The van der Waals surface area contributed by atoms with E-state index >= 15 is 0 Å². The molecule has 0 fully saturated rings. The normalized spacial score (nSPS) is 17.5. The molecule has 7 heteroatoms. The summed E-state index contributed by atoms with van der Waals surface area (Å²) in [6.45, 7) is 8.30. The molecule has 1 aliphatic heterocycles. The van der Waals surface area contributed by atoms with Crippen LogP contribution in [0.25, 0.3) is 0 Å². The minimum Gasteiger partial charge on any atom is -0.378 e. The Labute approximate surface area is 189 Å². The number of hydrogen-bond donors (Lipinski definition) is 2. The van der Waals surface area contributed by atoms with E-state index in [1.807, 2.05) is 14.1 Å². The summed E-state index contributed by atoms with van der Waals surface area (Å²) < 4.78 is 0. The van der Waals surface area contributed by atoms with Gasteiger partial charge in [-0.2, -0.15) is 0 Å². The lowest BCUT2D eigenvalue weighted by Gasteiger charge is -2.40. The van der Waals surface area contributed by atoms with E-state index in [0.717, 1.165) is 35.5 Å². The average molecular weight is 431 g/mol. The van der Waals surface area contributed by atoms with Crippen molar-refractivity contribution >= 4 is 17.3 Å². The summed E-state index contributed by atoms with van der Waals surface area (Å²) in [5.41, 5.74) is 11.6. The zero-order valence-corrected chi connectivity index (χ0v) is 19.3. The molecule has 0 saturated heterocycles. The van der Waals surface area contributed by atoms with Crippen LogP contribution >= 0.6 is 0 Å². The maximum Gasteiger partial charge on any atom is 0.286 e. The van der Waals surface area contributed by atoms with E-state index in [9.17, 15) is 4.79 Å². The summed E-state index contributed by atoms with van der Waals surface area (Å²) in [7, 11) is 4.03. The van der Waals surface area contributed by atoms with Crippen LogP contribution in [0.1, 0.15) is 46.7 Å². The molecule has 7 nitrogen and oxygen atoms in total. The van der Waals surface area contributed by atoms with Crippen LogP contribution in [0.3, 0.4) is 0 Å². The SMILES string of the molecule is CCN(CC)c1ccc(C2(c3ccc(N(C)C)cc3)NNC(=O)c3nccnc32)c(C)c1. The van der Waals surface area contributed by atoms with E-state index in [1.165, 1.54) is 5.69 Å². The minimum absolute atomic E-state index is 0.286. The summed E-state index contributed by atoms with van der Waals surface area (Å²) in [5, 5.41) is 0. The number of aromatic nitrogens is 2. The maximum atomic E-state index is 12.6. The fourth-order valence-electron chi connectivity index (χ4n) is 4.47. The number of benzene rings is 2. The summed E-state index contributed by atoms with van der Waals surface area (Å²) in [4.78, 5) is 26.0. The molecular formula is C25H30N6O. The first kappa shape index (κ1) is 21.8. The first-order valence-corrected chi connectivity index (χ1v) is 10.9. The Bertz CT molecular complexity index is 1120. The number of carbonyl (C=O) groups is 1. The number of nitrogens with zero attached hydrogens (tertiary/aromatic N) is 4. The lowest BCUT2D eigenvalue weighted by Crippen LogP contribution is -2.59. The number of carbonyl (C=O) groups excluding carboxylic acids is 1. The van der Waals surface area contributed by atoms with Crippen LogP contribution in [-0.4, -0.2) is 43.1 Å². The van der Waals surface area contributed by atoms with Crippen LogP contribution < -0.4 is 20.7 Å². The monoisotopic (exact) mass is 430 g/mol. The number of aryl methyl sites for hydroxylation is 1. The molecule has 2 aromatic carbocycles. The van der Waals surface area contributed by atoms with Crippen molar-refractivity contribution in [2.24, 2.45) is 0 Å². The Hall–Kier alpha value is -3.45. The quantitative estimate of drug-likeness (QED) is 0.626. The van der Waals surface area contributed by atoms with Crippen LogP contribution in [0.2, 0.25) is 0 Å². The third-order valence-corrected chi connectivity index (χ3v) is 6.19. The second kappa shape index (κ2) is 8.59. The van der Waals surface area contributed by atoms with Crippen molar-refractivity contribution in [3.8, 4) is 0 Å². The highest BCUT2D eigenvalue weighted by Gasteiger charge is 2.45. The summed E-state index contributed by atoms with van der Waals surface area (Å²) in [6.07, 6.45) is 3.20. The number of nitrogens with one attached hydrogen (secondary N) is 2. The van der Waals surface area contributed by atoms with E-state index in [2.05, 4.69) is 93.9 Å². The molecule has 1 atom stereocenters. The van der Waals surface area contributed by atoms with E-state index in [4.69, 9.17) is 0 Å². The van der Waals surface area contributed by atoms with Crippen molar-refractivity contribution in [2.75, 3.05) is 37.0 Å². The van der Waals surface area contributed by atoms with Crippen molar-refractivity contribution in [3.63, 3.8) is 0 Å². The zero-order chi connectivity index (χ0) is 22.9. The fourth-order valence-corrected chi connectivity index (χ4v) is 4.47. The Balaban J connectivity index is 1.96. The first-order chi connectivity index (χ1) is 15.4. The number of anilines is 2. The summed E-state index contributed by atoms with van der Waals surface area (Å²) in [5.74, 6) is -0.286. The molecule has 32 heavy (non-hydrogen) atoms. The van der Waals surface area contributed by atoms with Gasteiger partial charge in [-0.15, -0.1) is 0 Å². The highest BCUT2D eigenvalue weighted by Crippen LogP contribution is 2.41. The number of fused-ring (bicyclic) bond motifs is 1. The molecule has 3 aromatic rings. The third kappa shape index (κ3) is 3.48. The number of hydrazine groups is 1. The molecule has 1 aromatic heterocycles. The van der Waals surface area contributed by atoms with Crippen molar-refractivity contribution in [3.05, 3.63) is 82.9 Å². The number of amides is 1. The van der Waals surface area contributed by atoms with E-state index < -0.39 is 5.54 Å². The standard InChI is InChI=1S/C25H30N6O/c1-6-31(7-2)20-12-13-21(17(3)16-20)25(18-8-10-19(11-9-18)30(4)5)23-22(24(32)28-29-25)26-14-15-27-23/h8-16,29H,6-7H2,1-5H3,(H,28,32). The van der Waals surface area contributed by atoms with Gasteiger partial charge in [0.2, 0.25) is 0 Å².